The topological polar surface area (TPSA) is 82.9 Å². The lowest BCUT2D eigenvalue weighted by atomic mass is 10.1. The van der Waals surface area contributed by atoms with Crippen LogP contribution >= 0.6 is 0 Å². The average molecular weight is 256 g/mol. The Hall–Kier alpha value is -2.23. The van der Waals surface area contributed by atoms with Crippen molar-refractivity contribution in [1.29, 1.82) is 5.26 Å². The van der Waals surface area contributed by atoms with Gasteiger partial charge in [0.2, 0.25) is 0 Å². The van der Waals surface area contributed by atoms with Crippen LogP contribution in [-0.4, -0.2) is 17.6 Å². The molecule has 7 heteroatoms. The van der Waals surface area contributed by atoms with Crippen molar-refractivity contribution in [3.05, 3.63) is 33.2 Å². The monoisotopic (exact) mass is 256 g/mol. The van der Waals surface area contributed by atoms with Crippen LogP contribution in [0.4, 0.5) is 8.78 Å². The van der Waals surface area contributed by atoms with Crippen molar-refractivity contribution < 1.29 is 18.3 Å². The number of H-pyrrole nitrogens is 1. The van der Waals surface area contributed by atoms with Crippen LogP contribution < -0.4 is 5.43 Å². The van der Waals surface area contributed by atoms with Gasteiger partial charge in [-0.25, -0.2) is 8.78 Å². The molecular formula is C11H10F2N2O3. The molecule has 18 heavy (non-hydrogen) atoms. The second kappa shape index (κ2) is 5.91. The largest absolute Gasteiger partial charge is 0.466 e. The number of nitrogens with zero attached hydrogens (tertiary/aromatic N) is 1. The number of pyridine rings is 1. The fourth-order valence-corrected chi connectivity index (χ4v) is 1.42. The molecule has 1 rings (SSSR count). The Balaban J connectivity index is 3.22. The molecule has 1 aromatic heterocycles. The zero-order valence-electron chi connectivity index (χ0n) is 9.50. The van der Waals surface area contributed by atoms with Gasteiger partial charge in [-0.3, -0.25) is 9.59 Å². The SMILES string of the molecule is CCOC(=O)Cc1[nH]c(C#N)cc(=O)c1C(F)F. The maximum Gasteiger partial charge on any atom is 0.311 e. The van der Waals surface area contributed by atoms with Gasteiger partial charge in [0.05, 0.1) is 18.6 Å². The molecule has 0 aliphatic carbocycles. The van der Waals surface area contributed by atoms with Crippen molar-refractivity contribution in [3.63, 3.8) is 0 Å². The van der Waals surface area contributed by atoms with Gasteiger partial charge < -0.3 is 9.72 Å². The van der Waals surface area contributed by atoms with Crippen molar-refractivity contribution in [2.75, 3.05) is 6.61 Å². The molecule has 0 saturated heterocycles. The minimum absolute atomic E-state index is 0.102. The molecular weight excluding hydrogens is 246 g/mol. The highest BCUT2D eigenvalue weighted by Gasteiger charge is 2.21. The molecule has 0 saturated carbocycles. The summed E-state index contributed by atoms with van der Waals surface area (Å²) in [5.74, 6) is -0.745. The summed E-state index contributed by atoms with van der Waals surface area (Å²) in [6.07, 6.45) is -3.52. The predicted octanol–water partition coefficient (Wildman–Crippen LogP) is 1.29. The van der Waals surface area contributed by atoms with Crippen molar-refractivity contribution >= 4 is 5.97 Å². The van der Waals surface area contributed by atoms with Gasteiger partial charge in [0.25, 0.3) is 6.43 Å². The zero-order chi connectivity index (χ0) is 13.7. The smallest absolute Gasteiger partial charge is 0.311 e. The highest BCUT2D eigenvalue weighted by Crippen LogP contribution is 2.19. The Morgan fingerprint density at radius 3 is 2.78 bits per heavy atom. The molecule has 0 radical (unpaired) electrons. The maximum absolute atomic E-state index is 12.7. The molecule has 96 valence electrons. The number of aromatic amines is 1. The lowest BCUT2D eigenvalue weighted by Gasteiger charge is -2.08. The van der Waals surface area contributed by atoms with E-state index in [0.717, 1.165) is 6.07 Å². The summed E-state index contributed by atoms with van der Waals surface area (Å²) in [7, 11) is 0. The number of alkyl halides is 2. The molecule has 0 aliphatic rings. The van der Waals surface area contributed by atoms with Gasteiger partial charge in [-0.05, 0) is 6.92 Å². The second-order valence-electron chi connectivity index (χ2n) is 3.33. The van der Waals surface area contributed by atoms with E-state index in [1.807, 2.05) is 0 Å². The molecule has 0 aromatic carbocycles. The average Bonchev–Trinajstić information content (AvgIpc) is 2.27. The third kappa shape index (κ3) is 3.13. The molecule has 0 unspecified atom stereocenters. The first-order valence-electron chi connectivity index (χ1n) is 5.09. The van der Waals surface area contributed by atoms with Gasteiger partial charge in [0.1, 0.15) is 11.8 Å². The van der Waals surface area contributed by atoms with Gasteiger partial charge in [-0.1, -0.05) is 0 Å². The van der Waals surface area contributed by atoms with E-state index in [1.165, 1.54) is 0 Å². The molecule has 1 N–H and O–H groups in total. The number of carbonyl (C=O) groups is 1. The van der Waals surface area contributed by atoms with E-state index in [1.54, 1.807) is 13.0 Å². The summed E-state index contributed by atoms with van der Waals surface area (Å²) in [6.45, 7) is 1.67. The van der Waals surface area contributed by atoms with Crippen molar-refractivity contribution in [2.45, 2.75) is 19.8 Å². The number of hydrogen-bond acceptors (Lipinski definition) is 4. The molecule has 0 bridgehead atoms. The van der Waals surface area contributed by atoms with E-state index in [4.69, 9.17) is 5.26 Å². The number of esters is 1. The standard InChI is InChI=1S/C11H10F2N2O3/c1-2-18-9(17)4-7-10(11(12)13)8(16)3-6(5-14)15-7/h3,11H,2,4H2,1H3,(H,15,16). The van der Waals surface area contributed by atoms with Crippen LogP contribution in [0.1, 0.15) is 30.3 Å². The van der Waals surface area contributed by atoms with E-state index >= 15 is 0 Å². The summed E-state index contributed by atoms with van der Waals surface area (Å²) in [4.78, 5) is 25.0. The summed E-state index contributed by atoms with van der Waals surface area (Å²) < 4.78 is 30.0. The summed E-state index contributed by atoms with van der Waals surface area (Å²) in [6, 6.07) is 2.40. The quantitative estimate of drug-likeness (QED) is 0.823. The number of hydrogen-bond donors (Lipinski definition) is 1. The van der Waals surface area contributed by atoms with Crippen LogP contribution in [0.15, 0.2) is 10.9 Å². The highest BCUT2D eigenvalue weighted by molar-refractivity contribution is 5.72. The van der Waals surface area contributed by atoms with Crippen LogP contribution in [-0.2, 0) is 16.0 Å². The zero-order valence-corrected chi connectivity index (χ0v) is 9.50. The Kier molecular flexibility index (Phi) is 4.54. The maximum atomic E-state index is 12.7. The molecule has 0 amide bonds. The number of halogens is 2. The van der Waals surface area contributed by atoms with Crippen LogP contribution in [0.3, 0.4) is 0 Å². The molecule has 0 aliphatic heterocycles. The first-order chi connectivity index (χ1) is 8.49. The Morgan fingerprint density at radius 1 is 1.61 bits per heavy atom. The summed E-state index contributed by atoms with van der Waals surface area (Å²) in [5.41, 5.74) is -2.24. The molecule has 0 fully saturated rings. The molecule has 0 spiro atoms. The van der Waals surface area contributed by atoms with E-state index in [2.05, 4.69) is 9.72 Å². The third-order valence-corrected chi connectivity index (χ3v) is 2.12. The highest BCUT2D eigenvalue weighted by atomic mass is 19.3. The lowest BCUT2D eigenvalue weighted by Crippen LogP contribution is -2.19. The van der Waals surface area contributed by atoms with Gasteiger partial charge >= 0.3 is 5.97 Å². The van der Waals surface area contributed by atoms with Crippen LogP contribution in [0.2, 0.25) is 0 Å². The molecule has 1 heterocycles. The molecule has 0 atom stereocenters. The van der Waals surface area contributed by atoms with E-state index in [-0.39, 0.29) is 18.0 Å². The second-order valence-corrected chi connectivity index (χ2v) is 3.33. The first-order valence-corrected chi connectivity index (χ1v) is 5.09. The third-order valence-electron chi connectivity index (χ3n) is 2.12. The van der Waals surface area contributed by atoms with E-state index in [0.29, 0.717) is 0 Å². The number of nitrogens with one attached hydrogen (secondary N) is 1. The van der Waals surface area contributed by atoms with Crippen LogP contribution in [0, 0.1) is 11.3 Å². The molecule has 5 nitrogen and oxygen atoms in total. The Morgan fingerprint density at radius 2 is 2.28 bits per heavy atom. The number of carbonyl (C=O) groups excluding carboxylic acids is 1. The number of aromatic nitrogens is 1. The Bertz CT molecular complexity index is 546. The Labute approximate surface area is 101 Å². The fourth-order valence-electron chi connectivity index (χ4n) is 1.42. The summed E-state index contributed by atoms with van der Waals surface area (Å²) in [5, 5.41) is 8.63. The van der Waals surface area contributed by atoms with Crippen molar-refractivity contribution in [3.8, 4) is 6.07 Å². The van der Waals surface area contributed by atoms with Crippen molar-refractivity contribution in [2.24, 2.45) is 0 Å². The predicted molar refractivity (Wildman–Crippen MR) is 57.1 cm³/mol. The molecule has 1 aromatic rings. The van der Waals surface area contributed by atoms with Gasteiger partial charge in [0.15, 0.2) is 5.43 Å². The summed E-state index contributed by atoms with van der Waals surface area (Å²) >= 11 is 0. The van der Waals surface area contributed by atoms with Gasteiger partial charge in [-0.15, -0.1) is 0 Å². The lowest BCUT2D eigenvalue weighted by molar-refractivity contribution is -0.142. The van der Waals surface area contributed by atoms with Gasteiger partial charge in [0, 0.05) is 11.8 Å². The minimum atomic E-state index is -3.02. The fraction of sp³-hybridized carbons (Fsp3) is 0.364. The van der Waals surface area contributed by atoms with Crippen LogP contribution in [0.5, 0.6) is 0 Å². The number of ether oxygens (including phenoxy) is 1. The number of nitriles is 1. The van der Waals surface area contributed by atoms with Gasteiger partial charge in [-0.2, -0.15) is 5.26 Å². The van der Waals surface area contributed by atoms with Crippen LogP contribution in [0.25, 0.3) is 0 Å². The first kappa shape index (κ1) is 13.8. The van der Waals surface area contributed by atoms with E-state index in [9.17, 15) is 18.4 Å². The van der Waals surface area contributed by atoms with E-state index < -0.39 is 29.8 Å². The number of rotatable bonds is 4. The minimum Gasteiger partial charge on any atom is -0.466 e. The normalized spacial score (nSPS) is 10.2. The van der Waals surface area contributed by atoms with Crippen molar-refractivity contribution in [1.82, 2.24) is 4.98 Å².